The summed E-state index contributed by atoms with van der Waals surface area (Å²) in [6.07, 6.45) is 6.35. The van der Waals surface area contributed by atoms with E-state index in [0.29, 0.717) is 17.1 Å². The van der Waals surface area contributed by atoms with Gasteiger partial charge in [0.15, 0.2) is 5.76 Å². The number of aromatic nitrogens is 1. The molecule has 1 amide bonds. The number of nitrogens with one attached hydrogen (secondary N) is 1. The predicted octanol–water partition coefficient (Wildman–Crippen LogP) is 5.03. The lowest BCUT2D eigenvalue weighted by molar-refractivity contribution is -0.111. The number of hydrogen-bond donors (Lipinski definition) is 1. The van der Waals surface area contributed by atoms with Crippen molar-refractivity contribution >= 4 is 28.6 Å². The van der Waals surface area contributed by atoms with E-state index in [1.807, 2.05) is 30.3 Å². The quantitative estimate of drug-likeness (QED) is 0.640. The van der Waals surface area contributed by atoms with Crippen LogP contribution in [-0.2, 0) is 11.2 Å². The van der Waals surface area contributed by atoms with Crippen molar-refractivity contribution < 1.29 is 13.7 Å². The van der Waals surface area contributed by atoms with Crippen molar-refractivity contribution in [2.24, 2.45) is 0 Å². The fourth-order valence-electron chi connectivity index (χ4n) is 2.81. The molecule has 2 heterocycles. The summed E-state index contributed by atoms with van der Waals surface area (Å²) in [5, 5.41) is 7.68. The second-order valence-electron chi connectivity index (χ2n) is 6.06. The summed E-state index contributed by atoms with van der Waals surface area (Å²) < 4.78 is 11.0. The van der Waals surface area contributed by atoms with E-state index in [4.69, 9.17) is 8.94 Å². The van der Waals surface area contributed by atoms with Crippen LogP contribution in [0.3, 0.4) is 0 Å². The van der Waals surface area contributed by atoms with Gasteiger partial charge in [0, 0.05) is 23.4 Å². The summed E-state index contributed by atoms with van der Waals surface area (Å²) in [5.74, 6) is 1.29. The molecule has 130 valence electrons. The molecule has 0 bridgehead atoms. The van der Waals surface area contributed by atoms with Gasteiger partial charge in [-0.05, 0) is 32.4 Å². The van der Waals surface area contributed by atoms with Gasteiger partial charge in [0.05, 0.1) is 0 Å². The highest BCUT2D eigenvalue weighted by Crippen LogP contribution is 2.28. The zero-order valence-electron chi connectivity index (χ0n) is 14.8. The third kappa shape index (κ3) is 3.65. The summed E-state index contributed by atoms with van der Waals surface area (Å²) >= 11 is 0. The van der Waals surface area contributed by atoms with Gasteiger partial charge in [-0.3, -0.25) is 4.79 Å². The van der Waals surface area contributed by atoms with Gasteiger partial charge < -0.3 is 14.3 Å². The van der Waals surface area contributed by atoms with Gasteiger partial charge in [-0.15, -0.1) is 0 Å². The molecule has 25 heavy (non-hydrogen) atoms. The zero-order chi connectivity index (χ0) is 17.8. The molecule has 0 saturated carbocycles. The lowest BCUT2D eigenvalue weighted by Gasteiger charge is -2.00. The minimum Gasteiger partial charge on any atom is -0.460 e. The van der Waals surface area contributed by atoms with Crippen LogP contribution in [0.2, 0.25) is 0 Å². The maximum atomic E-state index is 12.3. The van der Waals surface area contributed by atoms with E-state index in [-0.39, 0.29) is 5.91 Å². The van der Waals surface area contributed by atoms with Crippen molar-refractivity contribution in [2.45, 2.75) is 40.0 Å². The van der Waals surface area contributed by atoms with E-state index in [1.165, 1.54) is 6.08 Å². The van der Waals surface area contributed by atoms with Gasteiger partial charge >= 0.3 is 0 Å². The van der Waals surface area contributed by atoms with Crippen LogP contribution in [0.1, 0.15) is 42.5 Å². The van der Waals surface area contributed by atoms with Gasteiger partial charge in [-0.1, -0.05) is 36.7 Å². The van der Waals surface area contributed by atoms with E-state index < -0.39 is 0 Å². The zero-order valence-corrected chi connectivity index (χ0v) is 14.8. The first-order valence-corrected chi connectivity index (χ1v) is 8.52. The van der Waals surface area contributed by atoms with Crippen LogP contribution < -0.4 is 5.32 Å². The highest BCUT2D eigenvalue weighted by Gasteiger charge is 2.13. The first-order chi connectivity index (χ1) is 12.1. The number of furan rings is 1. The molecule has 0 saturated heterocycles. The predicted molar refractivity (Wildman–Crippen MR) is 98.5 cm³/mol. The number of carbonyl (C=O) groups excluding carboxylic acids is 1. The molecule has 0 atom stereocenters. The topological polar surface area (TPSA) is 68.3 Å². The van der Waals surface area contributed by atoms with Crippen molar-refractivity contribution in [2.75, 3.05) is 5.32 Å². The Morgan fingerprint density at radius 1 is 1.28 bits per heavy atom. The lowest BCUT2D eigenvalue weighted by atomic mass is 10.1. The number of hydrogen-bond acceptors (Lipinski definition) is 4. The summed E-state index contributed by atoms with van der Waals surface area (Å²) in [5.41, 5.74) is 3.10. The summed E-state index contributed by atoms with van der Waals surface area (Å²) in [7, 11) is 0. The molecule has 0 fully saturated rings. The first kappa shape index (κ1) is 17.0. The first-order valence-electron chi connectivity index (χ1n) is 8.52. The van der Waals surface area contributed by atoms with E-state index >= 15 is 0 Å². The van der Waals surface area contributed by atoms with Crippen LogP contribution in [0.5, 0.6) is 0 Å². The molecular formula is C20H22N2O3. The second kappa shape index (κ2) is 7.38. The number of aryl methyl sites for hydroxylation is 3. The Bertz CT molecular complexity index is 899. The summed E-state index contributed by atoms with van der Waals surface area (Å²) in [6.45, 7) is 5.71. The highest BCUT2D eigenvalue weighted by atomic mass is 16.5. The molecule has 2 aromatic heterocycles. The number of para-hydroxylation sites is 1. The number of rotatable bonds is 6. The molecule has 0 spiro atoms. The third-order valence-corrected chi connectivity index (χ3v) is 4.15. The Morgan fingerprint density at radius 2 is 2.08 bits per heavy atom. The van der Waals surface area contributed by atoms with Crippen LogP contribution in [0.15, 0.2) is 39.3 Å². The molecule has 5 nitrogen and oxygen atoms in total. The van der Waals surface area contributed by atoms with Crippen LogP contribution >= 0.6 is 0 Å². The van der Waals surface area contributed by atoms with Crippen LogP contribution in [0.25, 0.3) is 17.0 Å². The van der Waals surface area contributed by atoms with Crippen LogP contribution in [0, 0.1) is 13.8 Å². The van der Waals surface area contributed by atoms with Crippen molar-refractivity contribution in [3.63, 3.8) is 0 Å². The fraction of sp³-hybridized carbons (Fsp3) is 0.300. The van der Waals surface area contributed by atoms with E-state index in [9.17, 15) is 4.79 Å². The van der Waals surface area contributed by atoms with Gasteiger partial charge in [0.25, 0.3) is 0 Å². The SMILES string of the molecule is CCCCc1oc2ccccc2c1/C=C/C(=O)Nc1c(C)noc1C. The Balaban J connectivity index is 1.85. The average molecular weight is 338 g/mol. The smallest absolute Gasteiger partial charge is 0.248 e. The minimum absolute atomic E-state index is 0.221. The molecule has 0 aliphatic carbocycles. The number of carbonyl (C=O) groups is 1. The van der Waals surface area contributed by atoms with Crippen molar-refractivity contribution in [1.29, 1.82) is 0 Å². The molecular weight excluding hydrogens is 316 g/mol. The Hall–Kier alpha value is -2.82. The maximum Gasteiger partial charge on any atom is 0.248 e. The van der Waals surface area contributed by atoms with Gasteiger partial charge in [-0.25, -0.2) is 0 Å². The Labute approximate surface area is 146 Å². The number of unbranched alkanes of at least 4 members (excludes halogenated alkanes) is 1. The minimum atomic E-state index is -0.221. The molecule has 3 aromatic rings. The van der Waals surface area contributed by atoms with Crippen molar-refractivity contribution in [3.05, 3.63) is 53.1 Å². The second-order valence-corrected chi connectivity index (χ2v) is 6.06. The molecule has 0 aliphatic rings. The molecule has 5 heteroatoms. The summed E-state index contributed by atoms with van der Waals surface area (Å²) in [6, 6.07) is 7.89. The van der Waals surface area contributed by atoms with E-state index in [2.05, 4.69) is 17.4 Å². The number of amides is 1. The fourth-order valence-corrected chi connectivity index (χ4v) is 2.81. The Morgan fingerprint density at radius 3 is 2.80 bits per heavy atom. The number of anilines is 1. The van der Waals surface area contributed by atoms with Gasteiger partial charge in [0.1, 0.15) is 22.7 Å². The van der Waals surface area contributed by atoms with Crippen LogP contribution in [0.4, 0.5) is 5.69 Å². The molecule has 1 N–H and O–H groups in total. The standard InChI is InChI=1S/C20H22N2O3/c1-4-5-9-17-16(15-8-6-7-10-18(15)24-17)11-12-19(23)21-20-13(2)22-25-14(20)3/h6-8,10-12H,4-5,9H2,1-3H3,(H,21,23)/b12-11+. The maximum absolute atomic E-state index is 12.3. The molecule has 0 radical (unpaired) electrons. The van der Waals surface area contributed by atoms with Gasteiger partial charge in [0.2, 0.25) is 5.91 Å². The van der Waals surface area contributed by atoms with E-state index in [0.717, 1.165) is 41.6 Å². The van der Waals surface area contributed by atoms with E-state index in [1.54, 1.807) is 13.8 Å². The number of benzene rings is 1. The van der Waals surface area contributed by atoms with Gasteiger partial charge in [-0.2, -0.15) is 0 Å². The summed E-state index contributed by atoms with van der Waals surface area (Å²) in [4.78, 5) is 12.3. The van der Waals surface area contributed by atoms with Crippen LogP contribution in [-0.4, -0.2) is 11.1 Å². The molecule has 1 aromatic carbocycles. The molecule has 0 aliphatic heterocycles. The molecule has 0 unspecified atom stereocenters. The normalized spacial score (nSPS) is 11.5. The lowest BCUT2D eigenvalue weighted by Crippen LogP contribution is -2.09. The number of fused-ring (bicyclic) bond motifs is 1. The largest absolute Gasteiger partial charge is 0.460 e. The third-order valence-electron chi connectivity index (χ3n) is 4.15. The number of nitrogens with zero attached hydrogens (tertiary/aromatic N) is 1. The highest BCUT2D eigenvalue weighted by molar-refractivity contribution is 6.04. The van der Waals surface area contributed by atoms with Crippen molar-refractivity contribution in [3.8, 4) is 0 Å². The monoisotopic (exact) mass is 338 g/mol. The molecule has 3 rings (SSSR count). The average Bonchev–Trinajstić information content (AvgIpc) is 3.12. The Kier molecular flexibility index (Phi) is 5.03. The van der Waals surface area contributed by atoms with Crippen molar-refractivity contribution in [1.82, 2.24) is 5.16 Å².